The first-order chi connectivity index (χ1) is 15.1. The van der Waals surface area contributed by atoms with E-state index in [0.29, 0.717) is 24.6 Å². The number of hydrogen-bond donors (Lipinski definition) is 3. The third kappa shape index (κ3) is 5.59. The maximum atomic E-state index is 11.3. The Labute approximate surface area is 180 Å². The number of carboxylic acid groups (broad SMARTS) is 1. The summed E-state index contributed by atoms with van der Waals surface area (Å²) in [5, 5.41) is 26.4. The molecular weight excluding hydrogens is 396 g/mol. The van der Waals surface area contributed by atoms with E-state index in [1.807, 2.05) is 0 Å². The molecule has 4 rings (SSSR count). The summed E-state index contributed by atoms with van der Waals surface area (Å²) in [6.45, 7) is 0.973. The zero-order valence-electron chi connectivity index (χ0n) is 17.3. The fraction of sp³-hybridized carbons (Fsp3) is 0.391. The van der Waals surface area contributed by atoms with Crippen molar-refractivity contribution in [3.05, 3.63) is 64.9 Å². The van der Waals surface area contributed by atoms with Gasteiger partial charge in [0, 0.05) is 31.0 Å². The fourth-order valence-corrected chi connectivity index (χ4v) is 3.92. The molecule has 0 aliphatic carbocycles. The van der Waals surface area contributed by atoms with Gasteiger partial charge >= 0.3 is 5.97 Å². The topological polar surface area (TPSA) is 121 Å². The average Bonchev–Trinajstić information content (AvgIpc) is 3.20. The number of aromatic hydroxyl groups is 1. The molecular formula is C23H26N4O4. The third-order valence-electron chi connectivity index (χ3n) is 5.48. The summed E-state index contributed by atoms with van der Waals surface area (Å²) >= 11 is 0. The Bertz CT molecular complexity index is 1050. The zero-order valence-corrected chi connectivity index (χ0v) is 17.3. The molecule has 31 heavy (non-hydrogen) atoms. The van der Waals surface area contributed by atoms with Gasteiger partial charge < -0.3 is 20.1 Å². The van der Waals surface area contributed by atoms with Gasteiger partial charge in [-0.2, -0.15) is 4.98 Å². The number of hydrogen-bond acceptors (Lipinski definition) is 7. The molecule has 1 aliphatic heterocycles. The van der Waals surface area contributed by atoms with Crippen LogP contribution in [0.5, 0.6) is 5.75 Å². The van der Waals surface area contributed by atoms with Crippen LogP contribution < -0.4 is 5.32 Å². The molecule has 3 aromatic rings. The van der Waals surface area contributed by atoms with Gasteiger partial charge in [0.2, 0.25) is 5.89 Å². The van der Waals surface area contributed by atoms with Gasteiger partial charge in [0.25, 0.3) is 0 Å². The van der Waals surface area contributed by atoms with Crippen molar-refractivity contribution < 1.29 is 19.5 Å². The SMILES string of the molecule is O=C(O)CC(Cc1nc(CCCc2ccc3c(n2)NCCC3)no1)c1cccc(O)c1. The van der Waals surface area contributed by atoms with Gasteiger partial charge in [-0.1, -0.05) is 23.4 Å². The molecule has 1 aromatic carbocycles. The average molecular weight is 422 g/mol. The van der Waals surface area contributed by atoms with Crippen LogP contribution in [0.15, 0.2) is 40.9 Å². The summed E-state index contributed by atoms with van der Waals surface area (Å²) in [5.74, 6) is 0.842. The number of aromatic nitrogens is 3. The van der Waals surface area contributed by atoms with E-state index in [2.05, 4.69) is 27.6 Å². The largest absolute Gasteiger partial charge is 0.508 e. The van der Waals surface area contributed by atoms with E-state index in [4.69, 9.17) is 9.51 Å². The summed E-state index contributed by atoms with van der Waals surface area (Å²) in [5.41, 5.74) is 3.05. The predicted molar refractivity (Wildman–Crippen MR) is 114 cm³/mol. The van der Waals surface area contributed by atoms with Crippen molar-refractivity contribution in [3.63, 3.8) is 0 Å². The first kappa shape index (κ1) is 20.8. The lowest BCUT2D eigenvalue weighted by Crippen LogP contribution is -2.14. The minimum atomic E-state index is -0.917. The predicted octanol–water partition coefficient (Wildman–Crippen LogP) is 3.50. The van der Waals surface area contributed by atoms with Crippen LogP contribution in [-0.2, 0) is 30.5 Å². The lowest BCUT2D eigenvalue weighted by molar-refractivity contribution is -0.137. The van der Waals surface area contributed by atoms with E-state index in [9.17, 15) is 15.0 Å². The molecule has 8 heteroatoms. The Morgan fingerprint density at radius 2 is 2.10 bits per heavy atom. The quantitative estimate of drug-likeness (QED) is 0.479. The van der Waals surface area contributed by atoms with Gasteiger partial charge in [-0.05, 0) is 55.0 Å². The van der Waals surface area contributed by atoms with E-state index >= 15 is 0 Å². The Morgan fingerprint density at radius 1 is 1.19 bits per heavy atom. The minimum Gasteiger partial charge on any atom is -0.508 e. The number of aliphatic carboxylic acids is 1. The molecule has 0 spiro atoms. The van der Waals surface area contributed by atoms with E-state index in [-0.39, 0.29) is 18.1 Å². The highest BCUT2D eigenvalue weighted by molar-refractivity contribution is 5.68. The summed E-state index contributed by atoms with van der Waals surface area (Å²) in [4.78, 5) is 20.4. The molecule has 2 aromatic heterocycles. The Kier molecular flexibility index (Phi) is 6.45. The second kappa shape index (κ2) is 9.59. The van der Waals surface area contributed by atoms with E-state index in [0.717, 1.165) is 49.3 Å². The van der Waals surface area contributed by atoms with Crippen molar-refractivity contribution in [1.29, 1.82) is 0 Å². The molecule has 1 aliphatic rings. The lowest BCUT2D eigenvalue weighted by atomic mass is 9.92. The normalized spacial score (nSPS) is 13.9. The molecule has 8 nitrogen and oxygen atoms in total. The number of carbonyl (C=O) groups is 1. The number of anilines is 1. The van der Waals surface area contributed by atoms with Crippen LogP contribution in [0.2, 0.25) is 0 Å². The number of fused-ring (bicyclic) bond motifs is 1. The zero-order chi connectivity index (χ0) is 21.6. The van der Waals surface area contributed by atoms with Gasteiger partial charge in [0.05, 0.1) is 6.42 Å². The van der Waals surface area contributed by atoms with Gasteiger partial charge in [-0.3, -0.25) is 4.79 Å². The van der Waals surface area contributed by atoms with Crippen molar-refractivity contribution in [1.82, 2.24) is 15.1 Å². The first-order valence-corrected chi connectivity index (χ1v) is 10.6. The number of benzene rings is 1. The maximum Gasteiger partial charge on any atom is 0.303 e. The highest BCUT2D eigenvalue weighted by Gasteiger charge is 2.20. The molecule has 0 saturated carbocycles. The van der Waals surface area contributed by atoms with Gasteiger partial charge in [-0.15, -0.1) is 0 Å². The third-order valence-corrected chi connectivity index (χ3v) is 5.48. The molecule has 3 heterocycles. The number of nitrogens with one attached hydrogen (secondary N) is 1. The molecule has 1 atom stereocenters. The highest BCUT2D eigenvalue weighted by atomic mass is 16.5. The highest BCUT2D eigenvalue weighted by Crippen LogP contribution is 2.27. The lowest BCUT2D eigenvalue weighted by Gasteiger charge is -2.17. The smallest absolute Gasteiger partial charge is 0.303 e. The number of aryl methyl sites for hydroxylation is 3. The number of carboxylic acids is 1. The summed E-state index contributed by atoms with van der Waals surface area (Å²) < 4.78 is 5.36. The monoisotopic (exact) mass is 422 g/mol. The van der Waals surface area contributed by atoms with Crippen molar-refractivity contribution in [2.75, 3.05) is 11.9 Å². The van der Waals surface area contributed by atoms with E-state index in [1.54, 1.807) is 24.3 Å². The Balaban J connectivity index is 1.34. The van der Waals surface area contributed by atoms with E-state index in [1.165, 1.54) is 5.56 Å². The summed E-state index contributed by atoms with van der Waals surface area (Å²) in [6.07, 6.45) is 4.77. The second-order valence-corrected chi connectivity index (χ2v) is 7.89. The molecule has 1 unspecified atom stereocenters. The number of phenols is 1. The van der Waals surface area contributed by atoms with Crippen LogP contribution in [0, 0.1) is 0 Å². The van der Waals surface area contributed by atoms with Gasteiger partial charge in [0.15, 0.2) is 5.82 Å². The Hall–Kier alpha value is -3.42. The van der Waals surface area contributed by atoms with Crippen molar-refractivity contribution in [3.8, 4) is 5.75 Å². The van der Waals surface area contributed by atoms with Crippen LogP contribution in [0.4, 0.5) is 5.82 Å². The molecule has 3 N–H and O–H groups in total. The van der Waals surface area contributed by atoms with Crippen molar-refractivity contribution in [2.45, 2.75) is 50.9 Å². The van der Waals surface area contributed by atoms with E-state index < -0.39 is 5.97 Å². The number of phenolic OH excluding ortho intramolecular Hbond substituents is 1. The molecule has 0 saturated heterocycles. The van der Waals surface area contributed by atoms with Crippen LogP contribution in [-0.4, -0.2) is 37.9 Å². The van der Waals surface area contributed by atoms with Gasteiger partial charge in [0.1, 0.15) is 11.6 Å². The van der Waals surface area contributed by atoms with Gasteiger partial charge in [-0.25, -0.2) is 4.98 Å². The Morgan fingerprint density at radius 3 is 2.94 bits per heavy atom. The second-order valence-electron chi connectivity index (χ2n) is 7.89. The van der Waals surface area contributed by atoms with Crippen LogP contribution in [0.1, 0.15) is 53.7 Å². The van der Waals surface area contributed by atoms with Crippen LogP contribution >= 0.6 is 0 Å². The molecule has 0 fully saturated rings. The standard InChI is InChI=1S/C23H26N4O4/c28-19-7-1-4-16(12-19)17(14-22(29)30)13-21-26-20(27-31-21)8-2-6-18-10-9-15-5-3-11-24-23(15)25-18/h1,4,7,9-10,12,17,28H,2-3,5-6,8,11,13-14H2,(H,24,25)(H,29,30). The maximum absolute atomic E-state index is 11.3. The van der Waals surface area contributed by atoms with Crippen molar-refractivity contribution in [2.24, 2.45) is 0 Å². The van der Waals surface area contributed by atoms with Crippen molar-refractivity contribution >= 4 is 11.8 Å². The number of rotatable bonds is 9. The summed E-state index contributed by atoms with van der Waals surface area (Å²) in [6, 6.07) is 10.9. The molecule has 0 bridgehead atoms. The minimum absolute atomic E-state index is 0.0841. The van der Waals surface area contributed by atoms with Crippen LogP contribution in [0.3, 0.4) is 0 Å². The first-order valence-electron chi connectivity index (χ1n) is 10.6. The number of pyridine rings is 1. The number of nitrogens with zero attached hydrogens (tertiary/aromatic N) is 3. The fourth-order valence-electron chi connectivity index (χ4n) is 3.92. The summed E-state index contributed by atoms with van der Waals surface area (Å²) in [7, 11) is 0. The molecule has 162 valence electrons. The van der Waals surface area contributed by atoms with Crippen LogP contribution in [0.25, 0.3) is 0 Å². The molecule has 0 radical (unpaired) electrons. The molecule has 0 amide bonds.